The summed E-state index contributed by atoms with van der Waals surface area (Å²) in [5.41, 5.74) is 0.547. The summed E-state index contributed by atoms with van der Waals surface area (Å²) in [5, 5.41) is 0.731. The fourth-order valence-corrected chi connectivity index (χ4v) is 2.88. The summed E-state index contributed by atoms with van der Waals surface area (Å²) in [6.07, 6.45) is 2.41. The van der Waals surface area contributed by atoms with E-state index < -0.39 is 0 Å². The summed E-state index contributed by atoms with van der Waals surface area (Å²) < 4.78 is 0. The lowest BCUT2D eigenvalue weighted by molar-refractivity contribution is -0.129. The van der Waals surface area contributed by atoms with E-state index in [4.69, 9.17) is 23.2 Å². The second kappa shape index (κ2) is 7.14. The van der Waals surface area contributed by atoms with Crippen LogP contribution in [-0.2, 0) is 9.59 Å². The van der Waals surface area contributed by atoms with Gasteiger partial charge in [-0.05, 0) is 25.0 Å². The van der Waals surface area contributed by atoms with Crippen molar-refractivity contribution < 1.29 is 9.59 Å². The maximum absolute atomic E-state index is 12.1. The normalized spacial score (nSPS) is 14.3. The van der Waals surface area contributed by atoms with Gasteiger partial charge in [0.25, 0.3) is 0 Å². The molecule has 0 bridgehead atoms. The second-order valence-corrected chi connectivity index (χ2v) is 5.87. The highest BCUT2D eigenvalue weighted by Gasteiger charge is 2.21. The average molecular weight is 329 g/mol. The largest absolute Gasteiger partial charge is 0.343 e. The zero-order valence-corrected chi connectivity index (χ0v) is 13.5. The van der Waals surface area contributed by atoms with Crippen LogP contribution in [0.2, 0.25) is 10.0 Å². The summed E-state index contributed by atoms with van der Waals surface area (Å²) >= 11 is 12.1. The number of carbonyl (C=O) groups excluding carboxylic acids is 2. The number of hydrogen-bond donors (Lipinski definition) is 0. The molecule has 0 aliphatic carbocycles. The molecule has 1 saturated heterocycles. The molecule has 1 aliphatic rings. The Morgan fingerprint density at radius 2 is 1.90 bits per heavy atom. The number of hydrogen-bond acceptors (Lipinski definition) is 2. The number of benzene rings is 1. The number of halogens is 2. The van der Waals surface area contributed by atoms with Crippen LogP contribution in [0.5, 0.6) is 0 Å². The highest BCUT2D eigenvalue weighted by Crippen LogP contribution is 2.32. The van der Waals surface area contributed by atoms with Crippen molar-refractivity contribution in [1.82, 2.24) is 4.90 Å². The highest BCUT2D eigenvalue weighted by atomic mass is 35.5. The Morgan fingerprint density at radius 3 is 2.52 bits per heavy atom. The molecule has 1 aromatic rings. The summed E-state index contributed by atoms with van der Waals surface area (Å²) in [4.78, 5) is 27.3. The minimum atomic E-state index is -0.159. The van der Waals surface area contributed by atoms with Crippen molar-refractivity contribution in [2.45, 2.75) is 26.2 Å². The number of amides is 2. The quantitative estimate of drug-likeness (QED) is 0.850. The SMILES string of the molecule is CC(=O)N(CCC(=O)N1CCCC1)c1cccc(Cl)c1Cl. The van der Waals surface area contributed by atoms with Crippen molar-refractivity contribution in [2.75, 3.05) is 24.5 Å². The van der Waals surface area contributed by atoms with Crippen LogP contribution in [0.15, 0.2) is 18.2 Å². The summed E-state index contributed by atoms with van der Waals surface area (Å²) in [5.74, 6) is -0.0784. The molecule has 0 atom stereocenters. The zero-order valence-electron chi connectivity index (χ0n) is 11.9. The molecule has 6 heteroatoms. The van der Waals surface area contributed by atoms with Crippen LogP contribution < -0.4 is 4.90 Å². The Balaban J connectivity index is 2.07. The predicted octanol–water partition coefficient (Wildman–Crippen LogP) is 3.36. The van der Waals surface area contributed by atoms with Crippen molar-refractivity contribution in [1.29, 1.82) is 0 Å². The smallest absolute Gasteiger partial charge is 0.224 e. The third-order valence-electron chi connectivity index (χ3n) is 3.61. The van der Waals surface area contributed by atoms with E-state index in [1.165, 1.54) is 11.8 Å². The monoisotopic (exact) mass is 328 g/mol. The van der Waals surface area contributed by atoms with E-state index in [0.29, 0.717) is 28.7 Å². The minimum absolute atomic E-state index is 0.0805. The van der Waals surface area contributed by atoms with Gasteiger partial charge < -0.3 is 9.80 Å². The minimum Gasteiger partial charge on any atom is -0.343 e. The number of likely N-dealkylation sites (tertiary alicyclic amines) is 1. The Bertz CT molecular complexity index is 542. The van der Waals surface area contributed by atoms with Crippen molar-refractivity contribution in [3.63, 3.8) is 0 Å². The van der Waals surface area contributed by atoms with Gasteiger partial charge in [-0.15, -0.1) is 0 Å². The first kappa shape index (κ1) is 16.1. The first-order chi connectivity index (χ1) is 10.0. The molecule has 1 aliphatic heterocycles. The molecule has 1 fully saturated rings. The number of rotatable bonds is 4. The fourth-order valence-electron chi connectivity index (χ4n) is 2.48. The van der Waals surface area contributed by atoms with Crippen LogP contribution >= 0.6 is 23.2 Å². The van der Waals surface area contributed by atoms with E-state index in [0.717, 1.165) is 25.9 Å². The van der Waals surface area contributed by atoms with Crippen LogP contribution in [0, 0.1) is 0 Å². The van der Waals surface area contributed by atoms with Crippen molar-refractivity contribution in [2.24, 2.45) is 0 Å². The maximum Gasteiger partial charge on any atom is 0.224 e. The second-order valence-electron chi connectivity index (χ2n) is 5.08. The summed E-state index contributed by atoms with van der Waals surface area (Å²) in [7, 11) is 0. The summed E-state index contributed by atoms with van der Waals surface area (Å²) in [6.45, 7) is 3.40. The van der Waals surface area contributed by atoms with Crippen LogP contribution in [0.4, 0.5) is 5.69 Å². The van der Waals surface area contributed by atoms with Crippen LogP contribution in [0.25, 0.3) is 0 Å². The van der Waals surface area contributed by atoms with Crippen molar-refractivity contribution >= 4 is 40.7 Å². The Hall–Kier alpha value is -1.26. The van der Waals surface area contributed by atoms with E-state index in [2.05, 4.69) is 0 Å². The van der Waals surface area contributed by atoms with Crippen LogP contribution in [-0.4, -0.2) is 36.3 Å². The Morgan fingerprint density at radius 1 is 1.24 bits per heavy atom. The molecule has 2 rings (SSSR count). The first-order valence-corrected chi connectivity index (χ1v) is 7.76. The van der Waals surface area contributed by atoms with E-state index in [1.807, 2.05) is 4.90 Å². The highest BCUT2D eigenvalue weighted by molar-refractivity contribution is 6.44. The molecule has 4 nitrogen and oxygen atoms in total. The van der Waals surface area contributed by atoms with Crippen LogP contribution in [0.1, 0.15) is 26.2 Å². The van der Waals surface area contributed by atoms with Gasteiger partial charge >= 0.3 is 0 Å². The Kier molecular flexibility index (Phi) is 5.48. The van der Waals surface area contributed by atoms with Crippen molar-refractivity contribution in [3.8, 4) is 0 Å². The van der Waals surface area contributed by atoms with E-state index >= 15 is 0 Å². The lowest BCUT2D eigenvalue weighted by Crippen LogP contribution is -2.35. The molecule has 1 heterocycles. The van der Waals surface area contributed by atoms with Gasteiger partial charge in [0.1, 0.15) is 0 Å². The molecule has 114 valence electrons. The zero-order chi connectivity index (χ0) is 15.4. The Labute approximate surface area is 134 Å². The molecule has 2 amide bonds. The molecule has 0 unspecified atom stereocenters. The topological polar surface area (TPSA) is 40.6 Å². The summed E-state index contributed by atoms with van der Waals surface area (Å²) in [6, 6.07) is 5.14. The van der Waals surface area contributed by atoms with Crippen LogP contribution in [0.3, 0.4) is 0 Å². The lowest BCUT2D eigenvalue weighted by atomic mass is 10.2. The molecule has 0 aromatic heterocycles. The molecule has 0 radical (unpaired) electrons. The van der Waals surface area contributed by atoms with Gasteiger partial charge in [-0.2, -0.15) is 0 Å². The number of carbonyl (C=O) groups is 2. The van der Waals surface area contributed by atoms with E-state index in [-0.39, 0.29) is 11.8 Å². The van der Waals surface area contributed by atoms with Gasteiger partial charge in [0.2, 0.25) is 11.8 Å². The van der Waals surface area contributed by atoms with Gasteiger partial charge in [-0.3, -0.25) is 9.59 Å². The van der Waals surface area contributed by atoms with Gasteiger partial charge in [-0.25, -0.2) is 0 Å². The molecular formula is C15H18Cl2N2O2. The third kappa shape index (κ3) is 3.89. The molecule has 0 N–H and O–H groups in total. The molecular weight excluding hydrogens is 311 g/mol. The number of anilines is 1. The molecule has 0 spiro atoms. The van der Waals surface area contributed by atoms with E-state index in [9.17, 15) is 9.59 Å². The number of nitrogens with zero attached hydrogens (tertiary/aromatic N) is 2. The van der Waals surface area contributed by atoms with E-state index in [1.54, 1.807) is 18.2 Å². The molecule has 0 saturated carbocycles. The van der Waals surface area contributed by atoms with Gasteiger partial charge in [-0.1, -0.05) is 29.3 Å². The fraction of sp³-hybridized carbons (Fsp3) is 0.467. The first-order valence-electron chi connectivity index (χ1n) is 7.00. The lowest BCUT2D eigenvalue weighted by Gasteiger charge is -2.24. The van der Waals surface area contributed by atoms with Gasteiger partial charge in [0, 0.05) is 33.0 Å². The van der Waals surface area contributed by atoms with Gasteiger partial charge in [0.05, 0.1) is 15.7 Å². The van der Waals surface area contributed by atoms with Gasteiger partial charge in [0.15, 0.2) is 0 Å². The average Bonchev–Trinajstić information content (AvgIpc) is 2.97. The third-order valence-corrected chi connectivity index (χ3v) is 4.42. The molecule has 21 heavy (non-hydrogen) atoms. The van der Waals surface area contributed by atoms with Crippen molar-refractivity contribution in [3.05, 3.63) is 28.2 Å². The maximum atomic E-state index is 12.1. The predicted molar refractivity (Wildman–Crippen MR) is 84.9 cm³/mol. The molecule has 1 aromatic carbocycles. The standard InChI is InChI=1S/C15H18Cl2N2O2/c1-11(20)19(13-6-4-5-12(16)15(13)17)10-7-14(21)18-8-2-3-9-18/h4-6H,2-3,7-10H2,1H3.